The summed E-state index contributed by atoms with van der Waals surface area (Å²) in [4.78, 5) is 21.8. The highest BCUT2D eigenvalue weighted by atomic mass is 16.4. The van der Waals surface area contributed by atoms with Crippen LogP contribution in [0.15, 0.2) is 24.3 Å². The molecular formula is C13H14O3. The van der Waals surface area contributed by atoms with Gasteiger partial charge in [0.25, 0.3) is 0 Å². The number of carboxylic acid groups (broad SMARTS) is 1. The lowest BCUT2D eigenvalue weighted by molar-refractivity contribution is 0.0696. The summed E-state index contributed by atoms with van der Waals surface area (Å²) in [5.74, 6) is 0.838. The smallest absolute Gasteiger partial charge is 0.336 e. The molecule has 1 aromatic rings. The molecule has 0 saturated heterocycles. The summed E-state index contributed by atoms with van der Waals surface area (Å²) in [7, 11) is 0. The van der Waals surface area contributed by atoms with Crippen molar-refractivity contribution in [2.45, 2.75) is 26.2 Å². The molecule has 1 rings (SSSR count). The maximum atomic E-state index is 11.0. The molecule has 0 aliphatic heterocycles. The summed E-state index contributed by atoms with van der Waals surface area (Å²) >= 11 is 0. The second-order valence-corrected chi connectivity index (χ2v) is 3.53. The number of hydrogen-bond donors (Lipinski definition) is 1. The van der Waals surface area contributed by atoms with Crippen molar-refractivity contribution in [3.8, 4) is 0 Å². The van der Waals surface area contributed by atoms with Crippen LogP contribution >= 0.6 is 0 Å². The average molecular weight is 218 g/mol. The van der Waals surface area contributed by atoms with Crippen LogP contribution in [0.5, 0.6) is 0 Å². The fourth-order valence-corrected chi connectivity index (χ4v) is 1.53. The molecular weight excluding hydrogens is 204 g/mol. The average Bonchev–Trinajstić information content (AvgIpc) is 2.30. The third-order valence-electron chi connectivity index (χ3n) is 2.39. The van der Waals surface area contributed by atoms with E-state index in [1.54, 1.807) is 18.2 Å². The van der Waals surface area contributed by atoms with Crippen molar-refractivity contribution in [3.63, 3.8) is 0 Å². The van der Waals surface area contributed by atoms with Gasteiger partial charge in [-0.3, -0.25) is 0 Å². The van der Waals surface area contributed by atoms with E-state index in [-0.39, 0.29) is 5.56 Å². The van der Waals surface area contributed by atoms with Crippen molar-refractivity contribution in [2.24, 2.45) is 0 Å². The number of allylic oxidation sites excluding steroid dienone is 1. The zero-order valence-electron chi connectivity index (χ0n) is 9.19. The first-order valence-electron chi connectivity index (χ1n) is 5.27. The Balaban J connectivity index is 3.10. The molecule has 0 aliphatic rings. The number of carbonyl (C=O) groups is 1. The van der Waals surface area contributed by atoms with Crippen LogP contribution in [-0.4, -0.2) is 17.0 Å². The van der Waals surface area contributed by atoms with E-state index in [2.05, 4.69) is 0 Å². The second-order valence-electron chi connectivity index (χ2n) is 3.53. The third-order valence-corrected chi connectivity index (χ3v) is 2.39. The molecule has 1 aromatic carbocycles. The van der Waals surface area contributed by atoms with Gasteiger partial charge in [-0.15, -0.1) is 0 Å². The van der Waals surface area contributed by atoms with E-state index < -0.39 is 5.97 Å². The van der Waals surface area contributed by atoms with Crippen LogP contribution in [0.3, 0.4) is 0 Å². The van der Waals surface area contributed by atoms with Crippen LogP contribution in [0.25, 0.3) is 5.57 Å². The quantitative estimate of drug-likeness (QED) is 0.773. The Labute approximate surface area is 94.4 Å². The Hall–Kier alpha value is -1.86. The molecule has 0 spiro atoms. The Morgan fingerprint density at radius 2 is 1.94 bits per heavy atom. The predicted molar refractivity (Wildman–Crippen MR) is 62.0 cm³/mol. The summed E-state index contributed by atoms with van der Waals surface area (Å²) in [6, 6.07) is 6.53. The number of hydrogen-bond acceptors (Lipinski definition) is 2. The molecule has 0 fully saturated rings. The lowest BCUT2D eigenvalue weighted by Crippen LogP contribution is -2.02. The first-order valence-corrected chi connectivity index (χ1v) is 5.27. The molecule has 16 heavy (non-hydrogen) atoms. The molecule has 3 heteroatoms. The standard InChI is InChI=1S/C13H14O3/c1-2-3-6-10(9-14)11-7-4-5-8-12(11)13(15)16/h4-5,7-8H,2-3,6H2,1H3,(H,15,16). The fourth-order valence-electron chi connectivity index (χ4n) is 1.53. The number of rotatable bonds is 5. The highest BCUT2D eigenvalue weighted by Gasteiger charge is 2.12. The van der Waals surface area contributed by atoms with Crippen LogP contribution in [0, 0.1) is 0 Å². The van der Waals surface area contributed by atoms with E-state index in [9.17, 15) is 9.59 Å². The van der Waals surface area contributed by atoms with Gasteiger partial charge in [0.2, 0.25) is 0 Å². The molecule has 1 N–H and O–H groups in total. The Kier molecular flexibility index (Phi) is 4.49. The molecule has 0 saturated carbocycles. The molecule has 0 unspecified atom stereocenters. The molecule has 0 aromatic heterocycles. The molecule has 3 nitrogen and oxygen atoms in total. The summed E-state index contributed by atoms with van der Waals surface area (Å²) in [5.41, 5.74) is 1.09. The van der Waals surface area contributed by atoms with Crippen molar-refractivity contribution in [1.82, 2.24) is 0 Å². The van der Waals surface area contributed by atoms with E-state index in [4.69, 9.17) is 5.11 Å². The van der Waals surface area contributed by atoms with Gasteiger partial charge in [-0.05, 0) is 18.9 Å². The van der Waals surface area contributed by atoms with Crippen molar-refractivity contribution >= 4 is 17.5 Å². The van der Waals surface area contributed by atoms with Gasteiger partial charge < -0.3 is 5.11 Å². The maximum absolute atomic E-state index is 11.0. The van der Waals surface area contributed by atoms with Crippen LogP contribution < -0.4 is 0 Å². The summed E-state index contributed by atoms with van der Waals surface area (Å²) < 4.78 is 0. The highest BCUT2D eigenvalue weighted by Crippen LogP contribution is 2.21. The van der Waals surface area contributed by atoms with E-state index in [1.807, 2.05) is 12.9 Å². The van der Waals surface area contributed by atoms with E-state index in [0.29, 0.717) is 17.6 Å². The van der Waals surface area contributed by atoms with E-state index >= 15 is 0 Å². The van der Waals surface area contributed by atoms with Crippen molar-refractivity contribution in [2.75, 3.05) is 0 Å². The fraction of sp³-hybridized carbons (Fsp3) is 0.308. The molecule has 0 heterocycles. The first-order chi connectivity index (χ1) is 7.70. The minimum atomic E-state index is -1.01. The van der Waals surface area contributed by atoms with Gasteiger partial charge in [0.15, 0.2) is 0 Å². The van der Waals surface area contributed by atoms with Crippen molar-refractivity contribution in [3.05, 3.63) is 35.4 Å². The SMILES string of the molecule is CCCCC(=C=O)c1ccccc1C(=O)O. The Bertz CT molecular complexity index is 429. The van der Waals surface area contributed by atoms with Gasteiger partial charge in [0.05, 0.1) is 5.56 Å². The van der Waals surface area contributed by atoms with Gasteiger partial charge in [-0.1, -0.05) is 31.5 Å². The lowest BCUT2D eigenvalue weighted by atomic mass is 9.97. The number of aromatic carboxylic acids is 1. The van der Waals surface area contributed by atoms with Gasteiger partial charge >= 0.3 is 5.97 Å². The number of benzene rings is 1. The summed E-state index contributed by atoms with van der Waals surface area (Å²) in [5, 5.41) is 8.99. The maximum Gasteiger partial charge on any atom is 0.336 e. The Morgan fingerprint density at radius 1 is 1.31 bits per heavy atom. The first kappa shape index (κ1) is 12.2. The second kappa shape index (κ2) is 5.89. The molecule has 84 valence electrons. The van der Waals surface area contributed by atoms with Gasteiger partial charge in [-0.2, -0.15) is 0 Å². The highest BCUT2D eigenvalue weighted by molar-refractivity contribution is 5.99. The predicted octanol–water partition coefficient (Wildman–Crippen LogP) is 2.79. The van der Waals surface area contributed by atoms with Gasteiger partial charge in [0.1, 0.15) is 5.94 Å². The number of carbonyl (C=O) groups excluding carboxylic acids is 1. The third kappa shape index (κ3) is 2.81. The summed E-state index contributed by atoms with van der Waals surface area (Å²) in [6.07, 6.45) is 2.39. The Morgan fingerprint density at radius 3 is 2.44 bits per heavy atom. The normalized spacial score (nSPS) is 9.56. The topological polar surface area (TPSA) is 54.4 Å². The monoisotopic (exact) mass is 218 g/mol. The van der Waals surface area contributed by atoms with Crippen molar-refractivity contribution < 1.29 is 14.7 Å². The van der Waals surface area contributed by atoms with Gasteiger partial charge in [0, 0.05) is 11.1 Å². The summed E-state index contributed by atoms with van der Waals surface area (Å²) in [6.45, 7) is 2.02. The lowest BCUT2D eigenvalue weighted by Gasteiger charge is -2.06. The largest absolute Gasteiger partial charge is 0.478 e. The molecule has 0 atom stereocenters. The van der Waals surface area contributed by atoms with Crippen LogP contribution in [0.1, 0.15) is 42.1 Å². The molecule has 0 aliphatic carbocycles. The number of unbranched alkanes of at least 4 members (excludes halogenated alkanes) is 1. The van der Waals surface area contributed by atoms with E-state index in [1.165, 1.54) is 6.07 Å². The number of carboxylic acids is 1. The molecule has 0 bridgehead atoms. The van der Waals surface area contributed by atoms with Gasteiger partial charge in [-0.25, -0.2) is 9.59 Å². The van der Waals surface area contributed by atoms with E-state index in [0.717, 1.165) is 12.8 Å². The molecule has 0 amide bonds. The van der Waals surface area contributed by atoms with Crippen LogP contribution in [0.2, 0.25) is 0 Å². The minimum absolute atomic E-state index is 0.164. The van der Waals surface area contributed by atoms with Crippen LogP contribution in [0.4, 0.5) is 0 Å². The van der Waals surface area contributed by atoms with Crippen molar-refractivity contribution in [1.29, 1.82) is 0 Å². The zero-order chi connectivity index (χ0) is 12.0. The zero-order valence-corrected chi connectivity index (χ0v) is 9.19. The van der Waals surface area contributed by atoms with Crippen LogP contribution in [-0.2, 0) is 4.79 Å². The minimum Gasteiger partial charge on any atom is -0.478 e. The molecule has 0 radical (unpaired) electrons.